The zero-order valence-electron chi connectivity index (χ0n) is 17.2. The molecule has 6 heteroatoms. The van der Waals surface area contributed by atoms with Gasteiger partial charge in [-0.1, -0.05) is 76.9 Å². The molecule has 0 amide bonds. The van der Waals surface area contributed by atoms with Crippen LogP contribution in [0.4, 0.5) is 0 Å². The van der Waals surface area contributed by atoms with Crippen molar-refractivity contribution in [3.63, 3.8) is 0 Å². The predicted molar refractivity (Wildman–Crippen MR) is 114 cm³/mol. The summed E-state index contributed by atoms with van der Waals surface area (Å²) in [5.41, 5.74) is 4.40. The minimum atomic E-state index is -0.586. The molecule has 1 aromatic heterocycles. The molecule has 4 N–H and O–H groups in total. The van der Waals surface area contributed by atoms with E-state index in [0.29, 0.717) is 0 Å². The van der Waals surface area contributed by atoms with Gasteiger partial charge >= 0.3 is 5.69 Å². The van der Waals surface area contributed by atoms with Gasteiger partial charge in [-0.15, -0.1) is 0 Å². The van der Waals surface area contributed by atoms with Gasteiger partial charge in [-0.2, -0.15) is 5.10 Å². The third-order valence-electron chi connectivity index (χ3n) is 4.30. The SMILES string of the molecule is CCCCCCCC/C=C\CCCCCCCCN.O=c1cn[nH]c(=O)[nH]1. The number of unbranched alkanes of at least 4 members (excludes halogenated alkanes) is 12. The van der Waals surface area contributed by atoms with Crippen molar-refractivity contribution >= 4 is 0 Å². The highest BCUT2D eigenvalue weighted by atomic mass is 16.2. The summed E-state index contributed by atoms with van der Waals surface area (Å²) in [6, 6.07) is 0. The Labute approximate surface area is 164 Å². The molecule has 0 aromatic carbocycles. The van der Waals surface area contributed by atoms with Crippen LogP contribution in [0.1, 0.15) is 96.8 Å². The molecule has 0 aliphatic carbocycles. The Morgan fingerprint density at radius 2 is 1.37 bits per heavy atom. The molecule has 0 bridgehead atoms. The summed E-state index contributed by atoms with van der Waals surface area (Å²) in [7, 11) is 0. The standard InChI is InChI=1S/C18H37N.C3H3N3O2/c1-2-3-4-5-6-7-8-9-10-11-12-13-14-15-16-17-18-19;7-2-1-4-6-3(8)5-2/h9-10H,2-8,11-19H2,1H3;1H,(H2,5,6,7,8)/b10-9-;. The van der Waals surface area contributed by atoms with Crippen LogP contribution in [0.3, 0.4) is 0 Å². The van der Waals surface area contributed by atoms with E-state index in [2.05, 4.69) is 24.2 Å². The van der Waals surface area contributed by atoms with E-state index in [1.165, 1.54) is 89.9 Å². The van der Waals surface area contributed by atoms with Crippen LogP contribution in [-0.4, -0.2) is 21.7 Å². The van der Waals surface area contributed by atoms with Gasteiger partial charge in [0.2, 0.25) is 0 Å². The highest BCUT2D eigenvalue weighted by Crippen LogP contribution is 2.09. The Bertz CT molecular complexity index is 526. The highest BCUT2D eigenvalue weighted by Gasteiger charge is 1.90. The van der Waals surface area contributed by atoms with Crippen molar-refractivity contribution < 1.29 is 0 Å². The number of aromatic amines is 2. The zero-order valence-corrected chi connectivity index (χ0v) is 17.2. The quantitative estimate of drug-likeness (QED) is 0.309. The molecular formula is C21H40N4O2. The number of nitrogens with one attached hydrogen (secondary N) is 2. The van der Waals surface area contributed by atoms with Crippen molar-refractivity contribution in [1.29, 1.82) is 0 Å². The lowest BCUT2D eigenvalue weighted by atomic mass is 10.1. The normalized spacial score (nSPS) is 10.7. The van der Waals surface area contributed by atoms with Crippen LogP contribution in [0.5, 0.6) is 0 Å². The molecule has 1 heterocycles. The number of H-pyrrole nitrogens is 2. The fraction of sp³-hybridized carbons (Fsp3) is 0.762. The first kappa shape index (κ1) is 25.3. The van der Waals surface area contributed by atoms with E-state index < -0.39 is 11.2 Å². The van der Waals surface area contributed by atoms with Crippen LogP contribution in [0.25, 0.3) is 0 Å². The summed E-state index contributed by atoms with van der Waals surface area (Å²) >= 11 is 0. The third kappa shape index (κ3) is 20.5. The summed E-state index contributed by atoms with van der Waals surface area (Å²) in [4.78, 5) is 22.2. The van der Waals surface area contributed by atoms with Gasteiger partial charge in [0.05, 0.1) is 0 Å². The molecule has 0 fully saturated rings. The lowest BCUT2D eigenvalue weighted by molar-refractivity contribution is 0.599. The van der Waals surface area contributed by atoms with Crippen molar-refractivity contribution in [1.82, 2.24) is 15.2 Å². The van der Waals surface area contributed by atoms with Gasteiger partial charge in [0.15, 0.2) is 0 Å². The van der Waals surface area contributed by atoms with E-state index in [9.17, 15) is 9.59 Å². The van der Waals surface area contributed by atoms with E-state index in [1.54, 1.807) is 0 Å². The molecule has 156 valence electrons. The van der Waals surface area contributed by atoms with Crippen LogP contribution >= 0.6 is 0 Å². The Morgan fingerprint density at radius 3 is 1.81 bits per heavy atom. The summed E-state index contributed by atoms with van der Waals surface area (Å²) in [5.74, 6) is 0. The molecule has 0 saturated carbocycles. The minimum Gasteiger partial charge on any atom is -0.330 e. The molecule has 0 aliphatic heterocycles. The fourth-order valence-electron chi connectivity index (χ4n) is 2.71. The Hall–Kier alpha value is -1.69. The molecule has 1 rings (SSSR count). The predicted octanol–water partition coefficient (Wildman–Crippen LogP) is 4.44. The van der Waals surface area contributed by atoms with Gasteiger partial charge in [-0.25, -0.2) is 9.89 Å². The number of nitrogens with two attached hydrogens (primary N) is 1. The first-order chi connectivity index (χ1) is 13.2. The molecule has 0 radical (unpaired) electrons. The van der Waals surface area contributed by atoms with E-state index in [0.717, 1.165) is 12.7 Å². The molecule has 0 atom stereocenters. The zero-order chi connectivity index (χ0) is 20.0. The smallest absolute Gasteiger partial charge is 0.330 e. The average molecular weight is 381 g/mol. The van der Waals surface area contributed by atoms with E-state index in [4.69, 9.17) is 5.73 Å². The van der Waals surface area contributed by atoms with E-state index in [-0.39, 0.29) is 0 Å². The number of nitrogens with zero attached hydrogens (tertiary/aromatic N) is 1. The Balaban J connectivity index is 0.000000694. The summed E-state index contributed by atoms with van der Waals surface area (Å²) in [5, 5.41) is 5.21. The maximum absolute atomic E-state index is 10.2. The molecule has 6 nitrogen and oxygen atoms in total. The number of hydrogen-bond donors (Lipinski definition) is 3. The first-order valence-corrected chi connectivity index (χ1v) is 10.7. The molecule has 0 spiro atoms. The van der Waals surface area contributed by atoms with Crippen LogP contribution < -0.4 is 17.0 Å². The maximum atomic E-state index is 10.2. The number of aromatic nitrogens is 3. The molecule has 0 unspecified atom stereocenters. The summed E-state index contributed by atoms with van der Waals surface area (Å²) < 4.78 is 0. The van der Waals surface area contributed by atoms with Gasteiger partial charge in [0.25, 0.3) is 5.56 Å². The fourth-order valence-corrected chi connectivity index (χ4v) is 2.71. The number of hydrogen-bond acceptors (Lipinski definition) is 4. The number of rotatable bonds is 15. The van der Waals surface area contributed by atoms with Crippen LogP contribution in [0.2, 0.25) is 0 Å². The van der Waals surface area contributed by atoms with Gasteiger partial charge in [-0.05, 0) is 38.6 Å². The lowest BCUT2D eigenvalue weighted by Crippen LogP contribution is -2.21. The topological polar surface area (TPSA) is 105 Å². The van der Waals surface area contributed by atoms with Crippen molar-refractivity contribution in [3.8, 4) is 0 Å². The monoisotopic (exact) mass is 380 g/mol. The lowest BCUT2D eigenvalue weighted by Gasteiger charge is -1.99. The minimum absolute atomic E-state index is 0.492. The van der Waals surface area contributed by atoms with Gasteiger partial charge < -0.3 is 5.73 Å². The van der Waals surface area contributed by atoms with E-state index >= 15 is 0 Å². The second kappa shape index (κ2) is 20.6. The summed E-state index contributed by atoms with van der Waals surface area (Å²) in [6.45, 7) is 3.14. The third-order valence-corrected chi connectivity index (χ3v) is 4.30. The van der Waals surface area contributed by atoms with Crippen molar-refractivity contribution in [2.75, 3.05) is 6.54 Å². The number of allylic oxidation sites excluding steroid dienone is 2. The van der Waals surface area contributed by atoms with Crippen molar-refractivity contribution in [2.45, 2.75) is 96.8 Å². The Kier molecular flexibility index (Phi) is 19.3. The van der Waals surface area contributed by atoms with Gasteiger partial charge in [0, 0.05) is 0 Å². The second-order valence-corrected chi connectivity index (χ2v) is 6.91. The molecule has 27 heavy (non-hydrogen) atoms. The molecular weight excluding hydrogens is 340 g/mol. The maximum Gasteiger partial charge on any atom is 0.342 e. The van der Waals surface area contributed by atoms with Gasteiger partial charge in [0.1, 0.15) is 6.20 Å². The van der Waals surface area contributed by atoms with Gasteiger partial charge in [-0.3, -0.25) is 9.78 Å². The van der Waals surface area contributed by atoms with Crippen molar-refractivity contribution in [2.24, 2.45) is 5.73 Å². The molecule has 1 aromatic rings. The molecule has 0 aliphatic rings. The largest absolute Gasteiger partial charge is 0.342 e. The summed E-state index contributed by atoms with van der Waals surface area (Å²) in [6.07, 6.45) is 24.9. The van der Waals surface area contributed by atoms with Crippen molar-refractivity contribution in [3.05, 3.63) is 39.2 Å². The van der Waals surface area contributed by atoms with E-state index in [1.807, 2.05) is 10.1 Å². The highest BCUT2D eigenvalue weighted by molar-refractivity contribution is 4.81. The van der Waals surface area contributed by atoms with Crippen LogP contribution in [0, 0.1) is 0 Å². The van der Waals surface area contributed by atoms with Crippen LogP contribution in [-0.2, 0) is 0 Å². The Morgan fingerprint density at radius 1 is 0.852 bits per heavy atom. The first-order valence-electron chi connectivity index (χ1n) is 10.7. The average Bonchev–Trinajstić information content (AvgIpc) is 2.65. The molecule has 0 saturated heterocycles. The van der Waals surface area contributed by atoms with Crippen LogP contribution in [0.15, 0.2) is 27.9 Å². The second-order valence-electron chi connectivity index (χ2n) is 6.91.